The van der Waals surface area contributed by atoms with E-state index in [2.05, 4.69) is 142 Å². The molecule has 7 aromatic carbocycles. The van der Waals surface area contributed by atoms with Gasteiger partial charge in [0.1, 0.15) is 34.9 Å². The van der Waals surface area contributed by atoms with Crippen LogP contribution in [0.4, 0.5) is 84.3 Å². The zero-order valence-electron chi connectivity index (χ0n) is 59.0. The van der Waals surface area contributed by atoms with Gasteiger partial charge in [-0.1, -0.05) is 109 Å². The van der Waals surface area contributed by atoms with Gasteiger partial charge in [0.05, 0.1) is 22.8 Å². The van der Waals surface area contributed by atoms with Crippen LogP contribution >= 0.6 is 0 Å². The molecule has 24 heteroatoms. The SMILES string of the molecule is Cc1cccc2c(CCNc3ncc4c(n3)-c3cccnc3Nc3ccccc3-4)c[nH]c12.Fc1ccc(CNc2ncc3c(n2)-c2cccnc2Nc2ccccc2-3)c(F)c1.Nc1ncc2c(n1)-c1cccnc1Nc1ccccc1-2.OCCc1ccc(Nc2ncc3c(n2)-c2cccnc2Nc2ccccc2-3)cc1. The number of para-hydroxylation sites is 5. The Labute approximate surface area is 629 Å². The number of aliphatic hydroxyl groups excluding tert-OH is 1. The number of fused-ring (bicyclic) bond motifs is 21. The van der Waals surface area contributed by atoms with Crippen molar-refractivity contribution in [3.05, 3.63) is 296 Å². The molecular formula is C86H67F2N21O. The monoisotopic (exact) mass is 1450 g/mol. The highest BCUT2D eigenvalue weighted by Crippen LogP contribution is 2.47. The van der Waals surface area contributed by atoms with Gasteiger partial charge < -0.3 is 53.0 Å². The van der Waals surface area contributed by atoms with Gasteiger partial charge in [-0.25, -0.2) is 68.6 Å². The van der Waals surface area contributed by atoms with E-state index in [1.807, 2.05) is 164 Å². The van der Waals surface area contributed by atoms with Gasteiger partial charge in [-0.05, 0) is 127 Å². The summed E-state index contributed by atoms with van der Waals surface area (Å²) < 4.78 is 27.0. The zero-order valence-corrected chi connectivity index (χ0v) is 59.0. The Balaban J connectivity index is 0.000000108. The summed E-state index contributed by atoms with van der Waals surface area (Å²) in [5.74, 6) is 3.59. The predicted octanol–water partition coefficient (Wildman–Crippen LogP) is 18.2. The Bertz CT molecular complexity index is 6140. The minimum Gasteiger partial charge on any atom is -0.396 e. The number of aromatic nitrogens is 13. The number of pyridine rings is 4. The van der Waals surface area contributed by atoms with Crippen molar-refractivity contribution in [2.45, 2.75) is 26.3 Å². The first kappa shape index (κ1) is 68.3. The van der Waals surface area contributed by atoms with Gasteiger partial charge in [-0.3, -0.25) is 0 Å². The number of aliphatic hydroxyl groups is 1. The largest absolute Gasteiger partial charge is 0.396 e. The molecule has 0 saturated carbocycles. The molecule has 110 heavy (non-hydrogen) atoms. The average Bonchev–Trinajstić information content (AvgIpc) is 1.61. The van der Waals surface area contributed by atoms with Crippen LogP contribution in [0.5, 0.6) is 0 Å². The van der Waals surface area contributed by atoms with E-state index in [0.29, 0.717) is 35.6 Å². The van der Waals surface area contributed by atoms with Gasteiger partial charge in [-0.2, -0.15) is 0 Å². The van der Waals surface area contributed by atoms with Gasteiger partial charge >= 0.3 is 0 Å². The van der Waals surface area contributed by atoms with E-state index in [-0.39, 0.29) is 19.1 Å². The van der Waals surface area contributed by atoms with Gasteiger partial charge in [0.15, 0.2) is 0 Å². The molecule has 13 heterocycles. The Kier molecular flexibility index (Phi) is 18.9. The van der Waals surface area contributed by atoms with Gasteiger partial charge in [0, 0.05) is 193 Å². The Morgan fingerprint density at radius 1 is 0.400 bits per heavy atom. The molecule has 22 nitrogen and oxygen atoms in total. The molecular weight excluding hydrogens is 1380 g/mol. The summed E-state index contributed by atoms with van der Waals surface area (Å²) in [6.07, 6.45) is 17.9. The fraction of sp³-hybridized carbons (Fsp3) is 0.0698. The van der Waals surface area contributed by atoms with Crippen molar-refractivity contribution in [2.24, 2.45) is 0 Å². The fourth-order valence-corrected chi connectivity index (χ4v) is 13.7. The molecule has 0 unspecified atom stereocenters. The maximum atomic E-state index is 13.9. The van der Waals surface area contributed by atoms with Crippen molar-refractivity contribution >= 4 is 86.4 Å². The van der Waals surface area contributed by atoms with Gasteiger partial charge in [-0.15, -0.1) is 0 Å². The summed E-state index contributed by atoms with van der Waals surface area (Å²) in [6, 6.07) is 65.6. The summed E-state index contributed by atoms with van der Waals surface area (Å²) in [4.78, 5) is 57.8. The van der Waals surface area contributed by atoms with Crippen molar-refractivity contribution < 1.29 is 13.9 Å². The van der Waals surface area contributed by atoms with Crippen LogP contribution in [0.1, 0.15) is 22.3 Å². The Morgan fingerprint density at radius 2 is 0.836 bits per heavy atom. The van der Waals surface area contributed by atoms with E-state index in [9.17, 15) is 8.78 Å². The molecule has 11 N–H and O–H groups in total. The third-order valence-corrected chi connectivity index (χ3v) is 19.1. The first-order chi connectivity index (χ1) is 54.1. The highest BCUT2D eigenvalue weighted by atomic mass is 19.1. The smallest absolute Gasteiger partial charge is 0.227 e. The molecule has 4 aliphatic heterocycles. The van der Waals surface area contributed by atoms with Crippen LogP contribution in [0.2, 0.25) is 0 Å². The van der Waals surface area contributed by atoms with E-state index < -0.39 is 11.6 Å². The number of nitrogen functional groups attached to an aromatic ring is 1. The molecule has 16 aromatic rings. The lowest BCUT2D eigenvalue weighted by molar-refractivity contribution is 0.299. The standard InChI is InChI=1S/C26H22N6.C23H19N5O.C22H15F2N5.C15H11N5/c1-16-6-4-8-18-17(14-29-23(16)18)11-13-28-26-30-15-21-19-7-2-3-10-22(19)31-25-20(24(21)32-26)9-5-12-27-25;29-13-11-15-7-9-16(10-8-15)26-23-25-14-19-17-4-1-2-6-20(17)27-22-18(21(19)28-23)5-3-12-24-22;23-14-8-7-13(18(24)10-14)11-26-22-27-12-17-15-4-1-2-6-19(15)28-21-16(20(17)29-22)5-3-9-25-21;16-15-18-8-11-9-4-1-2-6-12(9)19-14-10(13(11)20-15)5-3-7-17-14/h2-10,12,14-15,29H,11,13H2,1H3,(H,27,31)(H,28,30,32);1-10,12,14,29H,11,13H2,(H,24,27)(H,25,26,28);1-10,12H,11H2,(H,25,28)(H,26,27,29);1-8H,(H,17,19)(H2,16,18,20). The summed E-state index contributed by atoms with van der Waals surface area (Å²) in [6.45, 7) is 3.15. The number of aryl methyl sites for hydroxylation is 1. The number of hydrogen-bond donors (Lipinski definition) is 10. The molecule has 20 rings (SSSR count). The minimum atomic E-state index is -0.611. The van der Waals surface area contributed by atoms with Crippen LogP contribution in [-0.2, 0) is 19.4 Å². The molecule has 0 aliphatic carbocycles. The van der Waals surface area contributed by atoms with E-state index in [0.717, 1.165) is 160 Å². The van der Waals surface area contributed by atoms with E-state index >= 15 is 0 Å². The molecule has 0 radical (unpaired) electrons. The lowest BCUT2D eigenvalue weighted by Gasteiger charge is -2.11. The Morgan fingerprint density at radius 3 is 1.32 bits per heavy atom. The van der Waals surface area contributed by atoms with Crippen molar-refractivity contribution in [3.8, 4) is 89.5 Å². The molecule has 0 amide bonds. The molecule has 9 aromatic heterocycles. The third-order valence-electron chi connectivity index (χ3n) is 19.1. The second-order valence-electron chi connectivity index (χ2n) is 26.0. The topological polar surface area (TPSA) is 301 Å². The van der Waals surface area contributed by atoms with Crippen LogP contribution in [0.25, 0.3) is 100 Å². The first-order valence-corrected chi connectivity index (χ1v) is 35.6. The summed E-state index contributed by atoms with van der Waals surface area (Å²) in [7, 11) is 0. The second-order valence-corrected chi connectivity index (χ2v) is 26.0. The lowest BCUT2D eigenvalue weighted by atomic mass is 10.0. The van der Waals surface area contributed by atoms with Crippen molar-refractivity contribution in [1.82, 2.24) is 64.8 Å². The number of nitrogens with one attached hydrogen (secondary N) is 8. The maximum Gasteiger partial charge on any atom is 0.227 e. The maximum absolute atomic E-state index is 13.9. The molecule has 0 spiro atoms. The van der Waals surface area contributed by atoms with Crippen LogP contribution in [-0.4, -0.2) is 83.0 Å². The van der Waals surface area contributed by atoms with Crippen LogP contribution in [0, 0.1) is 18.6 Å². The number of benzene rings is 7. The number of nitrogens with zero attached hydrogens (tertiary/aromatic N) is 12. The number of hydrogen-bond acceptors (Lipinski definition) is 21. The molecule has 0 fully saturated rings. The summed E-state index contributed by atoms with van der Waals surface area (Å²) in [5, 5.41) is 33.6. The van der Waals surface area contributed by atoms with Crippen LogP contribution in [0.15, 0.2) is 262 Å². The average molecular weight is 1450 g/mol. The number of H-pyrrole nitrogens is 1. The van der Waals surface area contributed by atoms with Crippen LogP contribution < -0.4 is 43.0 Å². The second kappa shape index (κ2) is 30.4. The number of nitrogens with two attached hydrogens (primary N) is 1. The molecule has 0 saturated heterocycles. The lowest BCUT2D eigenvalue weighted by Crippen LogP contribution is -2.08. The summed E-state index contributed by atoms with van der Waals surface area (Å²) >= 11 is 0. The number of halogens is 2. The summed E-state index contributed by atoms with van der Waals surface area (Å²) in [5.41, 5.74) is 30.5. The normalized spacial score (nSPS) is 11.6. The number of anilines is 13. The van der Waals surface area contributed by atoms with Gasteiger partial charge in [0.25, 0.3) is 0 Å². The molecule has 536 valence electrons. The third kappa shape index (κ3) is 14.1. The highest BCUT2D eigenvalue weighted by Gasteiger charge is 2.27. The number of rotatable bonds is 11. The van der Waals surface area contributed by atoms with Crippen molar-refractivity contribution in [2.75, 3.05) is 56.1 Å². The number of aromatic amines is 1. The molecule has 0 atom stereocenters. The van der Waals surface area contributed by atoms with E-state index in [1.165, 1.54) is 34.2 Å². The fourth-order valence-electron chi connectivity index (χ4n) is 13.7. The molecule has 4 aliphatic rings. The zero-order chi connectivity index (χ0) is 74.4. The quantitative estimate of drug-likeness (QED) is 0.0575. The predicted molar refractivity (Wildman–Crippen MR) is 430 cm³/mol. The molecule has 0 bridgehead atoms. The van der Waals surface area contributed by atoms with Crippen LogP contribution in [0.3, 0.4) is 0 Å². The van der Waals surface area contributed by atoms with E-state index in [4.69, 9.17) is 20.8 Å². The first-order valence-electron chi connectivity index (χ1n) is 35.6. The Hall–Kier alpha value is -14.8. The van der Waals surface area contributed by atoms with Crippen molar-refractivity contribution in [1.29, 1.82) is 0 Å². The minimum absolute atomic E-state index is 0.139. The highest BCUT2D eigenvalue weighted by molar-refractivity contribution is 6.00. The van der Waals surface area contributed by atoms with E-state index in [1.54, 1.807) is 37.2 Å². The van der Waals surface area contributed by atoms with Crippen molar-refractivity contribution in [3.63, 3.8) is 0 Å². The van der Waals surface area contributed by atoms with Gasteiger partial charge in [0.2, 0.25) is 23.8 Å².